The van der Waals surface area contributed by atoms with E-state index in [1.165, 1.54) is 17.7 Å². The molecule has 2 N–H and O–H groups in total. The molecule has 1 fully saturated rings. The second-order valence-electron chi connectivity index (χ2n) is 7.24. The number of benzene rings is 2. The molecule has 0 saturated heterocycles. The van der Waals surface area contributed by atoms with Crippen LogP contribution in [0.3, 0.4) is 0 Å². The van der Waals surface area contributed by atoms with Gasteiger partial charge >= 0.3 is 0 Å². The van der Waals surface area contributed by atoms with Crippen molar-refractivity contribution in [2.75, 3.05) is 12.8 Å². The van der Waals surface area contributed by atoms with Crippen molar-refractivity contribution in [1.29, 1.82) is 0 Å². The molecule has 3 rings (SSSR count). The predicted octanol–water partition coefficient (Wildman–Crippen LogP) is 3.65. The highest BCUT2D eigenvalue weighted by Gasteiger charge is 2.28. The summed E-state index contributed by atoms with van der Waals surface area (Å²) >= 11 is 5.91. The van der Waals surface area contributed by atoms with E-state index in [-0.39, 0.29) is 35.3 Å². The molecule has 0 heterocycles. The average molecular weight is 457 g/mol. The number of amides is 1. The van der Waals surface area contributed by atoms with E-state index in [0.29, 0.717) is 5.56 Å². The van der Waals surface area contributed by atoms with Gasteiger partial charge in [-0.1, -0.05) is 23.7 Å². The summed E-state index contributed by atoms with van der Waals surface area (Å²) < 4.78 is 23.1. The van der Waals surface area contributed by atoms with Crippen LogP contribution >= 0.6 is 24.0 Å². The average Bonchev–Trinajstić information content (AvgIpc) is 3.10. The summed E-state index contributed by atoms with van der Waals surface area (Å²) in [7, 11) is -3.26. The van der Waals surface area contributed by atoms with Crippen LogP contribution in [-0.2, 0) is 16.3 Å². The maximum Gasteiger partial charge on any atom is 0.251 e. The zero-order valence-corrected chi connectivity index (χ0v) is 18.6. The standard InChI is InChI=1S/C21H25ClN2O3S.ClH/c1-28(26,27)18-11-7-16(8-12-18)21(25)24-20-4-2-3-19(20)23-14-13-15-5-9-17(22)10-6-15;/h5-12,19-20,23H,2-4,13-14H2,1H3,(H,24,25);1H. The van der Waals surface area contributed by atoms with Crippen LogP contribution in [0.25, 0.3) is 0 Å². The summed E-state index contributed by atoms with van der Waals surface area (Å²) in [6.07, 6.45) is 5.09. The Morgan fingerprint density at radius 1 is 1.03 bits per heavy atom. The summed E-state index contributed by atoms with van der Waals surface area (Å²) in [4.78, 5) is 12.7. The maximum atomic E-state index is 12.5. The molecular formula is C21H26Cl2N2O3S. The molecule has 0 radical (unpaired) electrons. The number of carbonyl (C=O) groups is 1. The van der Waals surface area contributed by atoms with Crippen molar-refractivity contribution in [2.45, 2.75) is 42.7 Å². The summed E-state index contributed by atoms with van der Waals surface area (Å²) in [5.41, 5.74) is 1.70. The van der Waals surface area contributed by atoms with E-state index in [1.807, 2.05) is 24.3 Å². The lowest BCUT2D eigenvalue weighted by Crippen LogP contribution is -2.47. The highest BCUT2D eigenvalue weighted by Crippen LogP contribution is 2.20. The number of halogens is 2. The van der Waals surface area contributed by atoms with Gasteiger partial charge in [0.15, 0.2) is 9.84 Å². The molecule has 1 aliphatic carbocycles. The van der Waals surface area contributed by atoms with Gasteiger partial charge in [0.2, 0.25) is 0 Å². The molecule has 2 aromatic carbocycles. The van der Waals surface area contributed by atoms with Crippen molar-refractivity contribution in [1.82, 2.24) is 10.6 Å². The third-order valence-corrected chi connectivity index (χ3v) is 6.49. The van der Waals surface area contributed by atoms with Gasteiger partial charge < -0.3 is 10.6 Å². The van der Waals surface area contributed by atoms with E-state index < -0.39 is 9.84 Å². The molecule has 0 aromatic heterocycles. The molecular weight excluding hydrogens is 431 g/mol. The first-order chi connectivity index (χ1) is 13.3. The molecule has 158 valence electrons. The van der Waals surface area contributed by atoms with Gasteiger partial charge in [-0.15, -0.1) is 12.4 Å². The van der Waals surface area contributed by atoms with Crippen molar-refractivity contribution in [3.8, 4) is 0 Å². The Hall–Kier alpha value is -1.60. The Kier molecular flexibility index (Phi) is 8.52. The zero-order chi connectivity index (χ0) is 20.1. The van der Waals surface area contributed by atoms with Crippen molar-refractivity contribution in [3.63, 3.8) is 0 Å². The fraction of sp³-hybridized carbons (Fsp3) is 0.381. The third kappa shape index (κ3) is 6.71. The van der Waals surface area contributed by atoms with Gasteiger partial charge in [0.1, 0.15) is 0 Å². The predicted molar refractivity (Wildman–Crippen MR) is 119 cm³/mol. The van der Waals surface area contributed by atoms with Gasteiger partial charge in [-0.2, -0.15) is 0 Å². The molecule has 1 saturated carbocycles. The van der Waals surface area contributed by atoms with Crippen LogP contribution in [0.4, 0.5) is 0 Å². The summed E-state index contributed by atoms with van der Waals surface area (Å²) in [6, 6.07) is 14.2. The van der Waals surface area contributed by atoms with E-state index >= 15 is 0 Å². The highest BCUT2D eigenvalue weighted by molar-refractivity contribution is 7.90. The van der Waals surface area contributed by atoms with Crippen LogP contribution < -0.4 is 10.6 Å². The van der Waals surface area contributed by atoms with Crippen molar-refractivity contribution in [2.24, 2.45) is 0 Å². The van der Waals surface area contributed by atoms with E-state index in [4.69, 9.17) is 11.6 Å². The van der Waals surface area contributed by atoms with E-state index in [0.717, 1.165) is 43.5 Å². The number of hydrogen-bond donors (Lipinski definition) is 2. The molecule has 1 amide bonds. The second kappa shape index (κ2) is 10.4. The Bertz CT molecular complexity index is 916. The van der Waals surface area contributed by atoms with Crippen LogP contribution in [0.2, 0.25) is 5.02 Å². The molecule has 2 atom stereocenters. The minimum absolute atomic E-state index is 0. The molecule has 0 bridgehead atoms. The first kappa shape index (κ1) is 23.7. The molecule has 29 heavy (non-hydrogen) atoms. The van der Waals surface area contributed by atoms with Crippen molar-refractivity contribution >= 4 is 39.8 Å². The number of carbonyl (C=O) groups excluding carboxylic acids is 1. The van der Waals surface area contributed by atoms with Crippen LogP contribution in [0.5, 0.6) is 0 Å². The van der Waals surface area contributed by atoms with Gasteiger partial charge in [0.25, 0.3) is 5.91 Å². The number of nitrogens with one attached hydrogen (secondary N) is 2. The van der Waals surface area contributed by atoms with Crippen LogP contribution in [0, 0.1) is 0 Å². The first-order valence-electron chi connectivity index (χ1n) is 9.42. The van der Waals surface area contributed by atoms with Gasteiger partial charge in [0.05, 0.1) is 4.90 Å². The Morgan fingerprint density at radius 2 is 1.66 bits per heavy atom. The molecule has 8 heteroatoms. The highest BCUT2D eigenvalue weighted by atomic mass is 35.5. The largest absolute Gasteiger partial charge is 0.348 e. The summed E-state index contributed by atoms with van der Waals surface area (Å²) in [5.74, 6) is -0.170. The van der Waals surface area contributed by atoms with Crippen molar-refractivity contribution < 1.29 is 13.2 Å². The lowest BCUT2D eigenvalue weighted by molar-refractivity contribution is 0.0931. The first-order valence-corrected chi connectivity index (χ1v) is 11.7. The fourth-order valence-corrected chi connectivity index (χ4v) is 4.29. The van der Waals surface area contributed by atoms with Crippen molar-refractivity contribution in [3.05, 3.63) is 64.7 Å². The van der Waals surface area contributed by atoms with Gasteiger partial charge in [0, 0.05) is 28.9 Å². The minimum Gasteiger partial charge on any atom is -0.348 e. The normalized spacial score (nSPS) is 18.8. The minimum atomic E-state index is -3.26. The second-order valence-corrected chi connectivity index (χ2v) is 9.70. The Labute approximate surface area is 183 Å². The van der Waals surface area contributed by atoms with Gasteiger partial charge in [-0.3, -0.25) is 4.79 Å². The summed E-state index contributed by atoms with van der Waals surface area (Å²) in [6.45, 7) is 0.835. The molecule has 1 aliphatic rings. The number of hydrogen-bond acceptors (Lipinski definition) is 4. The van der Waals surface area contributed by atoms with Crippen LogP contribution in [-0.4, -0.2) is 39.2 Å². The Balaban J connectivity index is 0.00000300. The molecule has 5 nitrogen and oxygen atoms in total. The summed E-state index contributed by atoms with van der Waals surface area (Å²) in [5, 5.41) is 7.38. The monoisotopic (exact) mass is 456 g/mol. The topological polar surface area (TPSA) is 75.3 Å². The van der Waals surface area contributed by atoms with E-state index in [9.17, 15) is 13.2 Å². The van der Waals surface area contributed by atoms with E-state index in [2.05, 4.69) is 10.6 Å². The lowest BCUT2D eigenvalue weighted by atomic mass is 10.1. The zero-order valence-electron chi connectivity index (χ0n) is 16.2. The van der Waals surface area contributed by atoms with Crippen LogP contribution in [0.15, 0.2) is 53.4 Å². The van der Waals surface area contributed by atoms with Gasteiger partial charge in [-0.25, -0.2) is 8.42 Å². The SMILES string of the molecule is CS(=O)(=O)c1ccc(C(=O)NC2CCCC2NCCc2ccc(Cl)cc2)cc1.Cl. The molecule has 0 aliphatic heterocycles. The maximum absolute atomic E-state index is 12.5. The van der Waals surface area contributed by atoms with Crippen LogP contribution in [0.1, 0.15) is 35.2 Å². The van der Waals surface area contributed by atoms with Gasteiger partial charge in [-0.05, 0) is 74.2 Å². The van der Waals surface area contributed by atoms with E-state index in [1.54, 1.807) is 12.1 Å². The smallest absolute Gasteiger partial charge is 0.251 e. The number of rotatable bonds is 7. The molecule has 2 unspecified atom stereocenters. The lowest BCUT2D eigenvalue weighted by Gasteiger charge is -2.22. The third-order valence-electron chi connectivity index (χ3n) is 5.11. The number of sulfone groups is 1. The molecule has 0 spiro atoms. The molecule has 2 aromatic rings. The fourth-order valence-electron chi connectivity index (χ4n) is 3.54. The quantitative estimate of drug-likeness (QED) is 0.666. The Morgan fingerprint density at radius 3 is 2.28 bits per heavy atom.